The molecule has 0 aliphatic carbocycles. The summed E-state index contributed by atoms with van der Waals surface area (Å²) in [7, 11) is 1.46. The number of aromatic nitrogens is 3. The molecule has 0 aliphatic rings. The highest BCUT2D eigenvalue weighted by atomic mass is 35.5. The van der Waals surface area contributed by atoms with Gasteiger partial charge in [0.15, 0.2) is 0 Å². The summed E-state index contributed by atoms with van der Waals surface area (Å²) in [4.78, 5) is 13.9. The number of nitrogens with zero attached hydrogens (tertiary/aromatic N) is 5. The van der Waals surface area contributed by atoms with Gasteiger partial charge in [0, 0.05) is 12.2 Å². The molecule has 0 atom stereocenters. The molecular formula is C13H12ClN5O. The van der Waals surface area contributed by atoms with Crippen LogP contribution < -0.4 is 9.64 Å². The van der Waals surface area contributed by atoms with Crippen molar-refractivity contribution >= 4 is 23.2 Å². The van der Waals surface area contributed by atoms with E-state index in [1.165, 1.54) is 7.11 Å². The van der Waals surface area contributed by atoms with E-state index in [-0.39, 0.29) is 11.3 Å². The van der Waals surface area contributed by atoms with Crippen molar-refractivity contribution in [3.05, 3.63) is 35.6 Å². The highest BCUT2D eigenvalue weighted by Gasteiger charge is 2.15. The molecule has 0 saturated carbocycles. The van der Waals surface area contributed by atoms with E-state index in [2.05, 4.69) is 21.0 Å². The minimum atomic E-state index is 0.0461. The number of nitriles is 1. The highest BCUT2D eigenvalue weighted by molar-refractivity contribution is 6.28. The lowest BCUT2D eigenvalue weighted by Crippen LogP contribution is -2.21. The van der Waals surface area contributed by atoms with Gasteiger partial charge in [0.1, 0.15) is 0 Å². The van der Waals surface area contributed by atoms with Gasteiger partial charge in [-0.2, -0.15) is 20.2 Å². The Hall–Kier alpha value is -2.39. The van der Waals surface area contributed by atoms with E-state index in [9.17, 15) is 0 Å². The average molecular weight is 290 g/mol. The van der Waals surface area contributed by atoms with Crippen molar-refractivity contribution in [2.75, 3.05) is 18.6 Å². The van der Waals surface area contributed by atoms with Crippen molar-refractivity contribution in [2.24, 2.45) is 0 Å². The zero-order valence-electron chi connectivity index (χ0n) is 10.8. The van der Waals surface area contributed by atoms with Crippen LogP contribution in [0.3, 0.4) is 0 Å². The number of anilines is 2. The second kappa shape index (κ2) is 6.68. The molecule has 0 aliphatic heterocycles. The second-order valence-electron chi connectivity index (χ2n) is 3.79. The van der Waals surface area contributed by atoms with Crippen molar-refractivity contribution in [1.29, 1.82) is 5.26 Å². The summed E-state index contributed by atoms with van der Waals surface area (Å²) in [6.45, 7) is 0.448. The lowest BCUT2D eigenvalue weighted by molar-refractivity contribution is 0.378. The molecule has 2 aromatic rings. The fraction of sp³-hybridized carbons (Fsp3) is 0.231. The van der Waals surface area contributed by atoms with Crippen LogP contribution in [-0.2, 0) is 0 Å². The number of methoxy groups -OCH3 is 1. The minimum Gasteiger partial charge on any atom is -0.467 e. The Morgan fingerprint density at radius 3 is 2.65 bits per heavy atom. The minimum absolute atomic E-state index is 0.0461. The first-order valence-corrected chi connectivity index (χ1v) is 6.27. The number of benzene rings is 1. The number of hydrogen-bond acceptors (Lipinski definition) is 6. The largest absolute Gasteiger partial charge is 0.467 e. The zero-order chi connectivity index (χ0) is 14.4. The first-order chi connectivity index (χ1) is 9.74. The Bertz CT molecular complexity index is 614. The average Bonchev–Trinajstić information content (AvgIpc) is 2.48. The van der Waals surface area contributed by atoms with E-state index in [4.69, 9.17) is 21.6 Å². The molecule has 0 fully saturated rings. The molecule has 102 valence electrons. The molecule has 6 nitrogen and oxygen atoms in total. The summed E-state index contributed by atoms with van der Waals surface area (Å²) in [5, 5.41) is 8.83. The molecule has 20 heavy (non-hydrogen) atoms. The van der Waals surface area contributed by atoms with E-state index in [0.717, 1.165) is 5.69 Å². The van der Waals surface area contributed by atoms with Crippen molar-refractivity contribution in [3.63, 3.8) is 0 Å². The van der Waals surface area contributed by atoms with Gasteiger partial charge in [-0.15, -0.1) is 0 Å². The number of hydrogen-bond donors (Lipinski definition) is 0. The molecule has 0 bridgehead atoms. The standard InChI is InChI=1S/C13H12ClN5O/c1-20-13-17-11(14)16-12(18-13)19(9-5-8-15)10-6-3-2-4-7-10/h2-4,6-7H,5,9H2,1H3. The molecule has 0 radical (unpaired) electrons. The van der Waals surface area contributed by atoms with Gasteiger partial charge in [-0.25, -0.2) is 0 Å². The van der Waals surface area contributed by atoms with Crippen LogP contribution in [0.1, 0.15) is 6.42 Å². The molecule has 1 aromatic heterocycles. The van der Waals surface area contributed by atoms with Gasteiger partial charge in [0.05, 0.1) is 19.6 Å². The first-order valence-electron chi connectivity index (χ1n) is 5.89. The zero-order valence-corrected chi connectivity index (χ0v) is 11.6. The van der Waals surface area contributed by atoms with E-state index >= 15 is 0 Å². The van der Waals surface area contributed by atoms with Crippen molar-refractivity contribution in [1.82, 2.24) is 15.0 Å². The Labute approximate surface area is 121 Å². The van der Waals surface area contributed by atoms with Gasteiger partial charge in [-0.05, 0) is 23.7 Å². The van der Waals surface area contributed by atoms with Gasteiger partial charge in [-0.1, -0.05) is 18.2 Å². The smallest absolute Gasteiger partial charge is 0.322 e. The maximum absolute atomic E-state index is 8.78. The van der Waals surface area contributed by atoms with Gasteiger partial charge in [0.2, 0.25) is 11.2 Å². The molecule has 1 heterocycles. The fourth-order valence-corrected chi connectivity index (χ4v) is 1.80. The Kier molecular flexibility index (Phi) is 4.69. The van der Waals surface area contributed by atoms with Crippen LogP contribution in [0.4, 0.5) is 11.6 Å². The molecule has 0 spiro atoms. The number of rotatable bonds is 5. The summed E-state index contributed by atoms with van der Waals surface area (Å²) in [5.74, 6) is 0.350. The van der Waals surface area contributed by atoms with Crippen molar-refractivity contribution in [2.45, 2.75) is 6.42 Å². The van der Waals surface area contributed by atoms with Crippen molar-refractivity contribution in [3.8, 4) is 12.1 Å². The predicted molar refractivity (Wildman–Crippen MR) is 75.1 cm³/mol. The highest BCUT2D eigenvalue weighted by Crippen LogP contribution is 2.24. The fourth-order valence-electron chi connectivity index (χ4n) is 1.65. The SMILES string of the molecule is COc1nc(Cl)nc(N(CCC#N)c2ccccc2)n1. The van der Waals surface area contributed by atoms with Crippen LogP contribution in [0.5, 0.6) is 6.01 Å². The van der Waals surface area contributed by atoms with Crippen LogP contribution in [0.2, 0.25) is 5.28 Å². The van der Waals surface area contributed by atoms with Crippen LogP contribution in [-0.4, -0.2) is 28.6 Å². The Morgan fingerprint density at radius 2 is 2.00 bits per heavy atom. The maximum Gasteiger partial charge on any atom is 0.322 e. The van der Waals surface area contributed by atoms with Crippen LogP contribution in [0.25, 0.3) is 0 Å². The lowest BCUT2D eigenvalue weighted by atomic mass is 10.3. The predicted octanol–water partition coefficient (Wildman–Crippen LogP) is 2.59. The van der Waals surface area contributed by atoms with Crippen LogP contribution >= 0.6 is 11.6 Å². The van der Waals surface area contributed by atoms with E-state index in [0.29, 0.717) is 18.9 Å². The number of ether oxygens (including phenoxy) is 1. The molecule has 1 aromatic carbocycles. The summed E-state index contributed by atoms with van der Waals surface area (Å²) in [6, 6.07) is 11.8. The molecular weight excluding hydrogens is 278 g/mol. The quantitative estimate of drug-likeness (QED) is 0.842. The molecule has 0 amide bonds. The number of para-hydroxylation sites is 1. The Morgan fingerprint density at radius 1 is 1.25 bits per heavy atom. The van der Waals surface area contributed by atoms with Gasteiger partial charge < -0.3 is 9.64 Å². The third-order valence-electron chi connectivity index (χ3n) is 2.51. The van der Waals surface area contributed by atoms with E-state index < -0.39 is 0 Å². The summed E-state index contributed by atoms with van der Waals surface area (Å²) >= 11 is 5.86. The second-order valence-corrected chi connectivity index (χ2v) is 4.12. The summed E-state index contributed by atoms with van der Waals surface area (Å²) < 4.78 is 4.99. The van der Waals surface area contributed by atoms with E-state index in [1.807, 2.05) is 30.3 Å². The Balaban J connectivity index is 2.41. The van der Waals surface area contributed by atoms with E-state index in [1.54, 1.807) is 4.90 Å². The third kappa shape index (κ3) is 3.33. The van der Waals surface area contributed by atoms with Crippen LogP contribution in [0.15, 0.2) is 30.3 Å². The third-order valence-corrected chi connectivity index (χ3v) is 2.68. The van der Waals surface area contributed by atoms with Gasteiger partial charge in [-0.3, -0.25) is 0 Å². The van der Waals surface area contributed by atoms with Crippen LogP contribution in [0, 0.1) is 11.3 Å². The topological polar surface area (TPSA) is 74.9 Å². The van der Waals surface area contributed by atoms with Crippen molar-refractivity contribution < 1.29 is 4.74 Å². The first kappa shape index (κ1) is 14.0. The normalized spacial score (nSPS) is 9.85. The molecule has 0 saturated heterocycles. The maximum atomic E-state index is 8.78. The molecule has 0 unspecified atom stereocenters. The molecule has 2 rings (SSSR count). The van der Waals surface area contributed by atoms with Gasteiger partial charge >= 0.3 is 6.01 Å². The molecule has 0 N–H and O–H groups in total. The summed E-state index contributed by atoms with van der Waals surface area (Å²) in [6.07, 6.45) is 0.334. The molecule has 7 heteroatoms. The lowest BCUT2D eigenvalue weighted by Gasteiger charge is -2.21. The monoisotopic (exact) mass is 289 g/mol. The van der Waals surface area contributed by atoms with Gasteiger partial charge in [0.25, 0.3) is 0 Å². The number of halogens is 1. The summed E-state index contributed by atoms with van der Waals surface area (Å²) in [5.41, 5.74) is 0.868.